The fraction of sp³-hybridized carbons (Fsp3) is 0.0833. The molecule has 0 fully saturated rings. The van der Waals surface area contributed by atoms with E-state index in [0.717, 1.165) is 38.1 Å². The van der Waals surface area contributed by atoms with Gasteiger partial charge in [-0.05, 0) is 48.9 Å². The lowest BCUT2D eigenvalue weighted by molar-refractivity contribution is 0.0989. The summed E-state index contributed by atoms with van der Waals surface area (Å²) in [5, 5.41) is 17.2. The molecule has 0 bridgehead atoms. The molecule has 5 rings (SSSR count). The highest BCUT2D eigenvalue weighted by Gasteiger charge is 2.43. The van der Waals surface area contributed by atoms with Crippen LogP contribution in [0.5, 0.6) is 5.75 Å². The SMILES string of the molecule is Cc1ccc(N2C(=O)c3[nH]nc(-c4ccc(Br)cc4)c3[C@@H]2c2ccc(O)cc2)cc1. The monoisotopic (exact) mass is 459 g/mol. The minimum Gasteiger partial charge on any atom is -0.508 e. The number of fused-ring (bicyclic) bond motifs is 1. The maximum absolute atomic E-state index is 13.4. The molecule has 0 saturated heterocycles. The first-order valence-corrected chi connectivity index (χ1v) is 10.4. The molecule has 1 aliphatic heterocycles. The zero-order valence-electron chi connectivity index (χ0n) is 16.1. The zero-order chi connectivity index (χ0) is 20.8. The second-order valence-corrected chi connectivity index (χ2v) is 8.29. The van der Waals surface area contributed by atoms with E-state index in [2.05, 4.69) is 26.1 Å². The van der Waals surface area contributed by atoms with Crippen molar-refractivity contribution < 1.29 is 9.90 Å². The molecule has 0 radical (unpaired) electrons. The highest BCUT2D eigenvalue weighted by molar-refractivity contribution is 9.10. The van der Waals surface area contributed by atoms with Gasteiger partial charge in [0.2, 0.25) is 0 Å². The van der Waals surface area contributed by atoms with E-state index in [0.29, 0.717) is 5.69 Å². The molecule has 2 heterocycles. The normalized spacial score (nSPS) is 15.5. The Bertz CT molecular complexity index is 1230. The van der Waals surface area contributed by atoms with Gasteiger partial charge in [0.05, 0.1) is 11.7 Å². The van der Waals surface area contributed by atoms with E-state index in [9.17, 15) is 9.90 Å². The summed E-state index contributed by atoms with van der Waals surface area (Å²) in [5.41, 5.74) is 5.86. The Labute approximate surface area is 182 Å². The third-order valence-electron chi connectivity index (χ3n) is 5.41. The number of carbonyl (C=O) groups excluding carboxylic acids is 1. The van der Waals surface area contributed by atoms with Crippen molar-refractivity contribution in [1.29, 1.82) is 0 Å². The summed E-state index contributed by atoms with van der Waals surface area (Å²) in [7, 11) is 0. The molecular weight excluding hydrogens is 442 g/mol. The van der Waals surface area contributed by atoms with Gasteiger partial charge in [0.25, 0.3) is 5.91 Å². The quantitative estimate of drug-likeness (QED) is 0.418. The van der Waals surface area contributed by atoms with E-state index in [-0.39, 0.29) is 17.7 Å². The van der Waals surface area contributed by atoms with Gasteiger partial charge in [-0.15, -0.1) is 0 Å². The number of phenolic OH excluding ortho intramolecular Hbond substituents is 1. The second kappa shape index (κ2) is 7.15. The number of benzene rings is 3. The third-order valence-corrected chi connectivity index (χ3v) is 5.94. The number of halogens is 1. The number of hydrogen-bond acceptors (Lipinski definition) is 3. The van der Waals surface area contributed by atoms with Crippen LogP contribution in [0.25, 0.3) is 11.3 Å². The molecule has 4 aromatic rings. The Hall–Kier alpha value is -3.38. The molecule has 1 aromatic heterocycles. The highest BCUT2D eigenvalue weighted by Crippen LogP contribution is 2.45. The van der Waals surface area contributed by atoms with Crippen LogP contribution in [-0.4, -0.2) is 21.2 Å². The predicted octanol–water partition coefficient (Wildman–Crippen LogP) is 5.60. The van der Waals surface area contributed by atoms with Crippen LogP contribution in [0.4, 0.5) is 5.69 Å². The molecule has 6 heteroatoms. The number of hydrogen-bond donors (Lipinski definition) is 2. The van der Waals surface area contributed by atoms with Gasteiger partial charge in [-0.25, -0.2) is 0 Å². The summed E-state index contributed by atoms with van der Waals surface area (Å²) in [5.74, 6) is 0.0632. The summed E-state index contributed by atoms with van der Waals surface area (Å²) in [6.07, 6.45) is 0. The van der Waals surface area contributed by atoms with E-state index in [1.54, 1.807) is 17.0 Å². The van der Waals surface area contributed by atoms with Crippen LogP contribution in [0.15, 0.2) is 77.3 Å². The molecule has 0 unspecified atom stereocenters. The maximum Gasteiger partial charge on any atom is 0.277 e. The van der Waals surface area contributed by atoms with Gasteiger partial charge in [0.1, 0.15) is 11.4 Å². The van der Waals surface area contributed by atoms with Crippen molar-refractivity contribution in [2.75, 3.05) is 4.90 Å². The molecule has 3 aromatic carbocycles. The van der Waals surface area contributed by atoms with Crippen LogP contribution < -0.4 is 4.90 Å². The molecule has 5 nitrogen and oxygen atoms in total. The van der Waals surface area contributed by atoms with Gasteiger partial charge >= 0.3 is 0 Å². The van der Waals surface area contributed by atoms with Crippen LogP contribution in [0.3, 0.4) is 0 Å². The maximum atomic E-state index is 13.4. The van der Waals surface area contributed by atoms with Gasteiger partial charge in [-0.3, -0.25) is 14.8 Å². The number of anilines is 1. The molecule has 30 heavy (non-hydrogen) atoms. The van der Waals surface area contributed by atoms with Crippen LogP contribution in [-0.2, 0) is 0 Å². The second-order valence-electron chi connectivity index (χ2n) is 7.37. The number of rotatable bonds is 3. The van der Waals surface area contributed by atoms with Gasteiger partial charge in [0.15, 0.2) is 0 Å². The topological polar surface area (TPSA) is 69.2 Å². The summed E-state index contributed by atoms with van der Waals surface area (Å²) in [6.45, 7) is 2.02. The van der Waals surface area contributed by atoms with Crippen molar-refractivity contribution in [2.45, 2.75) is 13.0 Å². The van der Waals surface area contributed by atoms with Crippen LogP contribution in [0.1, 0.15) is 33.2 Å². The Morgan fingerprint density at radius 2 is 1.63 bits per heavy atom. The fourth-order valence-electron chi connectivity index (χ4n) is 3.92. The van der Waals surface area contributed by atoms with Crippen LogP contribution in [0.2, 0.25) is 0 Å². The van der Waals surface area contributed by atoms with Gasteiger partial charge in [0, 0.05) is 21.3 Å². The Morgan fingerprint density at radius 1 is 0.967 bits per heavy atom. The van der Waals surface area contributed by atoms with E-state index >= 15 is 0 Å². The summed E-state index contributed by atoms with van der Waals surface area (Å²) in [6, 6.07) is 22.4. The van der Waals surface area contributed by atoms with Crippen molar-refractivity contribution in [2.24, 2.45) is 0 Å². The number of amides is 1. The number of nitrogens with one attached hydrogen (secondary N) is 1. The van der Waals surface area contributed by atoms with Gasteiger partial charge in [-0.2, -0.15) is 5.10 Å². The fourth-order valence-corrected chi connectivity index (χ4v) is 4.18. The molecule has 0 aliphatic carbocycles. The summed E-state index contributed by atoms with van der Waals surface area (Å²) < 4.78 is 0.978. The number of phenols is 1. The first-order valence-electron chi connectivity index (χ1n) is 9.56. The number of H-pyrrole nitrogens is 1. The summed E-state index contributed by atoms with van der Waals surface area (Å²) >= 11 is 3.47. The Balaban J connectivity index is 1.71. The van der Waals surface area contributed by atoms with Crippen LogP contribution >= 0.6 is 15.9 Å². The first-order chi connectivity index (χ1) is 14.5. The lowest BCUT2D eigenvalue weighted by atomic mass is 9.96. The third kappa shape index (κ3) is 3.00. The molecule has 1 amide bonds. The molecule has 0 spiro atoms. The Morgan fingerprint density at radius 3 is 2.30 bits per heavy atom. The van der Waals surface area contributed by atoms with Crippen molar-refractivity contribution in [3.8, 4) is 17.0 Å². The number of nitrogens with zero attached hydrogens (tertiary/aromatic N) is 2. The number of aryl methyl sites for hydroxylation is 1. The summed E-state index contributed by atoms with van der Waals surface area (Å²) in [4.78, 5) is 15.2. The highest BCUT2D eigenvalue weighted by atomic mass is 79.9. The number of carbonyl (C=O) groups is 1. The van der Waals surface area contributed by atoms with Crippen molar-refractivity contribution in [1.82, 2.24) is 10.2 Å². The standard InChI is InChI=1S/C24H18BrN3O2/c1-14-2-10-18(11-3-14)28-23(16-6-12-19(29)13-7-16)20-21(26-27-22(20)24(28)30)15-4-8-17(25)9-5-15/h2-13,23,29H,1H3,(H,26,27)/t23-/m0/s1. The lowest BCUT2D eigenvalue weighted by Gasteiger charge is -2.26. The Kier molecular flexibility index (Phi) is 4.44. The van der Waals surface area contributed by atoms with Gasteiger partial charge < -0.3 is 5.11 Å². The molecule has 0 saturated carbocycles. The van der Waals surface area contributed by atoms with E-state index in [4.69, 9.17) is 0 Å². The first kappa shape index (κ1) is 18.6. The predicted molar refractivity (Wildman–Crippen MR) is 120 cm³/mol. The number of aromatic hydroxyl groups is 1. The molecular formula is C24H18BrN3O2. The van der Waals surface area contributed by atoms with E-state index in [1.165, 1.54) is 0 Å². The minimum atomic E-state index is -0.354. The largest absolute Gasteiger partial charge is 0.508 e. The smallest absolute Gasteiger partial charge is 0.277 e. The van der Waals surface area contributed by atoms with E-state index in [1.807, 2.05) is 67.6 Å². The minimum absolute atomic E-state index is 0.122. The molecule has 1 atom stereocenters. The van der Waals surface area contributed by atoms with Crippen molar-refractivity contribution in [3.63, 3.8) is 0 Å². The van der Waals surface area contributed by atoms with E-state index < -0.39 is 0 Å². The van der Waals surface area contributed by atoms with Crippen molar-refractivity contribution >= 4 is 27.5 Å². The lowest BCUT2D eigenvalue weighted by Crippen LogP contribution is -2.29. The van der Waals surface area contributed by atoms with Gasteiger partial charge in [-0.1, -0.05) is 57.9 Å². The molecule has 148 valence electrons. The molecule has 1 aliphatic rings. The van der Waals surface area contributed by atoms with Crippen LogP contribution in [0, 0.1) is 6.92 Å². The average Bonchev–Trinajstić information content (AvgIpc) is 3.29. The number of aromatic amines is 1. The zero-order valence-corrected chi connectivity index (χ0v) is 17.7. The molecule has 2 N–H and O–H groups in total. The number of aromatic nitrogens is 2. The van der Waals surface area contributed by atoms with Crippen molar-refractivity contribution in [3.05, 3.63) is 99.7 Å². The average molecular weight is 460 g/mol.